The van der Waals surface area contributed by atoms with Crippen molar-refractivity contribution in [3.8, 4) is 0 Å². The summed E-state index contributed by atoms with van der Waals surface area (Å²) >= 11 is 0. The first-order valence-electron chi connectivity index (χ1n) is 21.4. The average Bonchev–Trinajstić information content (AvgIpc) is 3.20. The van der Waals surface area contributed by atoms with Crippen molar-refractivity contribution in [1.29, 1.82) is 0 Å². The van der Waals surface area contributed by atoms with Crippen LogP contribution in [0, 0.1) is 0 Å². The summed E-state index contributed by atoms with van der Waals surface area (Å²) < 4.78 is 47.6. The van der Waals surface area contributed by atoms with Crippen LogP contribution >= 0.6 is 15.6 Å². The number of carbonyl (C=O) groups excluding carboxylic acids is 2. The molecule has 0 aromatic rings. The molecule has 5 N–H and O–H groups in total. The van der Waals surface area contributed by atoms with Crippen molar-refractivity contribution in [3.63, 3.8) is 0 Å². The fourth-order valence-corrected chi connectivity index (χ4v) is 6.29. The van der Waals surface area contributed by atoms with E-state index in [2.05, 4.69) is 83.7 Å². The van der Waals surface area contributed by atoms with Crippen molar-refractivity contribution >= 4 is 27.6 Å². The lowest BCUT2D eigenvalue weighted by Gasteiger charge is -2.20. The van der Waals surface area contributed by atoms with Gasteiger partial charge in [0.1, 0.15) is 12.7 Å². The van der Waals surface area contributed by atoms with Crippen molar-refractivity contribution in [2.75, 3.05) is 26.4 Å². The number of phosphoric acid groups is 2. The largest absolute Gasteiger partial charge is 0.472 e. The second-order valence-corrected chi connectivity index (χ2v) is 16.8. The Morgan fingerprint density at radius 1 is 0.533 bits per heavy atom. The van der Waals surface area contributed by atoms with E-state index in [0.717, 1.165) is 83.5 Å². The third kappa shape index (κ3) is 42.0. The van der Waals surface area contributed by atoms with Crippen molar-refractivity contribution in [2.45, 2.75) is 154 Å². The van der Waals surface area contributed by atoms with E-state index in [9.17, 15) is 33.8 Å². The van der Waals surface area contributed by atoms with Gasteiger partial charge in [-0.1, -0.05) is 125 Å². The Kier molecular flexibility index (Phi) is 37.3. The Morgan fingerprint density at radius 3 is 1.60 bits per heavy atom. The molecule has 60 heavy (non-hydrogen) atoms. The van der Waals surface area contributed by atoms with E-state index in [1.807, 2.05) is 24.3 Å². The summed E-state index contributed by atoms with van der Waals surface area (Å²) in [5, 5.41) is 19.5. The van der Waals surface area contributed by atoms with Crippen LogP contribution in [0.3, 0.4) is 0 Å². The predicted octanol–water partition coefficient (Wildman–Crippen LogP) is 9.75. The fraction of sp³-hybridized carbons (Fsp3) is 0.636. The number of hydrogen-bond acceptors (Lipinski definition) is 11. The molecule has 4 atom stereocenters. The Labute approximate surface area is 359 Å². The van der Waals surface area contributed by atoms with Gasteiger partial charge in [-0.15, -0.1) is 0 Å². The summed E-state index contributed by atoms with van der Waals surface area (Å²) in [4.78, 5) is 52.6. The van der Waals surface area contributed by atoms with E-state index in [-0.39, 0.29) is 18.9 Å². The molecule has 344 valence electrons. The summed E-state index contributed by atoms with van der Waals surface area (Å²) in [7, 11) is -9.72. The number of ether oxygens (including phenoxy) is 2. The summed E-state index contributed by atoms with van der Waals surface area (Å²) in [5.41, 5.74) is 0. The molecular formula is C44H74O14P2. The van der Waals surface area contributed by atoms with Crippen LogP contribution in [0.25, 0.3) is 0 Å². The first-order chi connectivity index (χ1) is 28.8. The van der Waals surface area contributed by atoms with Crippen LogP contribution in [0.15, 0.2) is 85.1 Å². The Bertz CT molecular complexity index is 1400. The number of unbranched alkanes of at least 4 members (excludes halogenated alkanes) is 6. The van der Waals surface area contributed by atoms with Gasteiger partial charge in [0.2, 0.25) is 0 Å². The topological polar surface area (TPSA) is 216 Å². The predicted molar refractivity (Wildman–Crippen MR) is 236 cm³/mol. The third-order valence-electron chi connectivity index (χ3n) is 8.31. The number of rotatable bonds is 39. The minimum absolute atomic E-state index is 0.0320. The number of aliphatic hydroxyl groups excluding tert-OH is 2. The van der Waals surface area contributed by atoms with Crippen molar-refractivity contribution in [3.05, 3.63) is 85.1 Å². The maximum Gasteiger partial charge on any atom is 0.472 e. The zero-order valence-electron chi connectivity index (χ0n) is 35.9. The second-order valence-electron chi connectivity index (χ2n) is 14.1. The summed E-state index contributed by atoms with van der Waals surface area (Å²) in [6.45, 7) is 1.34. The minimum atomic E-state index is -4.88. The third-order valence-corrected chi connectivity index (χ3v) is 9.75. The van der Waals surface area contributed by atoms with Gasteiger partial charge in [-0.3, -0.25) is 23.2 Å². The van der Waals surface area contributed by atoms with Gasteiger partial charge in [-0.25, -0.2) is 9.13 Å². The molecule has 0 spiro atoms. The molecule has 0 aromatic carbocycles. The average molecular weight is 889 g/mol. The van der Waals surface area contributed by atoms with Crippen LogP contribution < -0.4 is 0 Å². The maximum atomic E-state index is 12.6. The highest BCUT2D eigenvalue weighted by molar-refractivity contribution is 7.47. The number of allylic oxidation sites excluding steroid dienone is 13. The molecule has 0 aliphatic heterocycles. The molecule has 0 fully saturated rings. The highest BCUT2D eigenvalue weighted by Gasteiger charge is 2.28. The van der Waals surface area contributed by atoms with Crippen LogP contribution in [0.5, 0.6) is 0 Å². The number of phosphoric ester groups is 2. The van der Waals surface area contributed by atoms with E-state index in [1.54, 1.807) is 0 Å². The Hall–Kier alpha value is -2.74. The quantitative estimate of drug-likeness (QED) is 0.0168. The van der Waals surface area contributed by atoms with Gasteiger partial charge in [0.15, 0.2) is 6.10 Å². The first-order valence-corrected chi connectivity index (χ1v) is 24.4. The maximum absolute atomic E-state index is 12.6. The van der Waals surface area contributed by atoms with Crippen LogP contribution in [0.1, 0.15) is 136 Å². The number of carbonyl (C=O) groups is 2. The molecule has 2 unspecified atom stereocenters. The van der Waals surface area contributed by atoms with Gasteiger partial charge in [0, 0.05) is 12.8 Å². The monoisotopic (exact) mass is 888 g/mol. The molecule has 0 aliphatic carbocycles. The van der Waals surface area contributed by atoms with E-state index < -0.39 is 66.2 Å². The molecule has 0 heterocycles. The van der Waals surface area contributed by atoms with E-state index in [1.165, 1.54) is 0 Å². The van der Waals surface area contributed by atoms with Gasteiger partial charge in [0.25, 0.3) is 0 Å². The van der Waals surface area contributed by atoms with Crippen LogP contribution in [-0.2, 0) is 41.8 Å². The molecule has 0 radical (unpaired) electrons. The lowest BCUT2D eigenvalue weighted by atomic mass is 10.1. The minimum Gasteiger partial charge on any atom is -0.462 e. The van der Waals surface area contributed by atoms with E-state index in [4.69, 9.17) is 23.8 Å². The second kappa shape index (κ2) is 39.1. The SMILES string of the molecule is CC/C=C\C/C=C\C/C=C\CCCCCCCC(=O)OC[C@H](COP(=O)(O)OC[C@@H](O)COP(=O)(O)O)OC(=O)CCC/C=C\C/C=C\C/C=C\C/C=C\CC(O)CCC. The molecule has 16 heteroatoms. The summed E-state index contributed by atoms with van der Waals surface area (Å²) in [5.74, 6) is -1.15. The summed E-state index contributed by atoms with van der Waals surface area (Å²) in [6.07, 6.45) is 40.7. The normalized spacial score (nSPS) is 15.4. The smallest absolute Gasteiger partial charge is 0.462 e. The van der Waals surface area contributed by atoms with Crippen LogP contribution in [-0.4, -0.2) is 81.6 Å². The van der Waals surface area contributed by atoms with Crippen molar-refractivity contribution in [1.82, 2.24) is 0 Å². The highest BCUT2D eigenvalue weighted by atomic mass is 31.2. The Morgan fingerprint density at radius 2 is 1.02 bits per heavy atom. The molecule has 0 aromatic heterocycles. The van der Waals surface area contributed by atoms with Crippen LogP contribution in [0.4, 0.5) is 0 Å². The van der Waals surface area contributed by atoms with Crippen molar-refractivity contribution in [2.24, 2.45) is 0 Å². The van der Waals surface area contributed by atoms with Crippen molar-refractivity contribution < 1.29 is 66.7 Å². The molecule has 0 amide bonds. The highest BCUT2D eigenvalue weighted by Crippen LogP contribution is 2.43. The van der Waals surface area contributed by atoms with Gasteiger partial charge >= 0.3 is 27.6 Å². The lowest BCUT2D eigenvalue weighted by molar-refractivity contribution is -0.161. The van der Waals surface area contributed by atoms with E-state index >= 15 is 0 Å². The number of hydrogen-bond donors (Lipinski definition) is 5. The molecule has 0 rings (SSSR count). The molecule has 0 saturated heterocycles. The summed E-state index contributed by atoms with van der Waals surface area (Å²) in [6, 6.07) is 0. The molecule has 14 nitrogen and oxygen atoms in total. The van der Waals surface area contributed by atoms with Gasteiger partial charge in [-0.2, -0.15) is 0 Å². The van der Waals surface area contributed by atoms with E-state index in [0.29, 0.717) is 25.7 Å². The first kappa shape index (κ1) is 57.3. The fourth-order valence-electron chi connectivity index (χ4n) is 5.13. The molecule has 0 saturated carbocycles. The zero-order valence-corrected chi connectivity index (χ0v) is 37.7. The number of aliphatic hydroxyl groups is 2. The van der Waals surface area contributed by atoms with Crippen LogP contribution in [0.2, 0.25) is 0 Å². The number of esters is 2. The molecule has 0 bridgehead atoms. The lowest BCUT2D eigenvalue weighted by Crippen LogP contribution is -2.29. The Balaban J connectivity index is 4.69. The van der Waals surface area contributed by atoms with Gasteiger partial charge in [0.05, 0.1) is 25.9 Å². The molecular weight excluding hydrogens is 814 g/mol. The standard InChI is InChI=1S/C44H74O14P2/c1-3-5-6-7-8-9-10-11-12-15-18-21-24-27-30-34-43(47)54-38-42(39-57-60(52,53)56-37-41(46)36-55-59(49,50)51)58-44(48)35-31-28-25-22-19-16-13-14-17-20-23-26-29-33-40(45)32-4-2/h5-6,8-9,11-13,16-17,20,22,25-26,29,40-42,45-46H,3-4,7,10,14-15,18-19,21,23-24,27-28,30-39H2,1-2H3,(H,52,53)(H2,49,50,51)/b6-5-,9-8-,12-11-,16-13-,20-17-,25-22-,29-26-/t40?,41-,42+/m0/s1. The van der Waals surface area contributed by atoms with Gasteiger partial charge in [-0.05, 0) is 83.5 Å². The molecule has 0 aliphatic rings. The zero-order chi connectivity index (χ0) is 44.6. The van der Waals surface area contributed by atoms with Gasteiger partial charge < -0.3 is 34.4 Å².